The van der Waals surface area contributed by atoms with Crippen molar-refractivity contribution >= 4 is 11.9 Å². The number of nitrogens with zero attached hydrogens (tertiary/aromatic N) is 2. The molecule has 0 amide bonds. The molecule has 0 aliphatic heterocycles. The van der Waals surface area contributed by atoms with E-state index in [0.717, 1.165) is 12.8 Å². The number of benzene rings is 1. The van der Waals surface area contributed by atoms with Crippen molar-refractivity contribution in [1.82, 2.24) is 0 Å². The molecule has 17 heavy (non-hydrogen) atoms. The summed E-state index contributed by atoms with van der Waals surface area (Å²) in [6.07, 6.45) is 7.63. The lowest BCUT2D eigenvalue weighted by Gasteiger charge is -2.17. The Labute approximate surface area is 100 Å². The summed E-state index contributed by atoms with van der Waals surface area (Å²) in [5.41, 5.74) is 0.876. The SMILES string of the molecule is O=Nc1ccc(O)c(C=NC2CCCCC2)c1. The van der Waals surface area contributed by atoms with Crippen LogP contribution in [0.1, 0.15) is 37.7 Å². The number of nitroso groups, excluding NO2 is 1. The van der Waals surface area contributed by atoms with Crippen molar-refractivity contribution in [2.45, 2.75) is 38.1 Å². The van der Waals surface area contributed by atoms with E-state index in [1.165, 1.54) is 31.4 Å². The number of rotatable bonds is 3. The van der Waals surface area contributed by atoms with Crippen LogP contribution in [0.4, 0.5) is 5.69 Å². The predicted molar refractivity (Wildman–Crippen MR) is 68.0 cm³/mol. The Balaban J connectivity index is 2.10. The van der Waals surface area contributed by atoms with E-state index >= 15 is 0 Å². The van der Waals surface area contributed by atoms with Gasteiger partial charge in [-0.05, 0) is 36.2 Å². The van der Waals surface area contributed by atoms with Gasteiger partial charge in [0.15, 0.2) is 0 Å². The topological polar surface area (TPSA) is 62.0 Å². The van der Waals surface area contributed by atoms with Gasteiger partial charge in [-0.1, -0.05) is 19.3 Å². The quantitative estimate of drug-likeness (QED) is 0.640. The van der Waals surface area contributed by atoms with E-state index in [2.05, 4.69) is 10.2 Å². The van der Waals surface area contributed by atoms with Crippen LogP contribution in [-0.4, -0.2) is 17.4 Å². The van der Waals surface area contributed by atoms with Crippen LogP contribution in [0.25, 0.3) is 0 Å². The third-order valence-corrected chi connectivity index (χ3v) is 3.12. The fourth-order valence-corrected chi connectivity index (χ4v) is 2.12. The van der Waals surface area contributed by atoms with E-state index in [1.807, 2.05) is 0 Å². The lowest BCUT2D eigenvalue weighted by atomic mass is 9.96. The van der Waals surface area contributed by atoms with Gasteiger partial charge in [-0.3, -0.25) is 4.99 Å². The number of phenolic OH excluding ortho intramolecular Hbond substituents is 1. The van der Waals surface area contributed by atoms with E-state index in [9.17, 15) is 10.0 Å². The van der Waals surface area contributed by atoms with Crippen molar-refractivity contribution in [3.8, 4) is 5.75 Å². The molecule has 0 unspecified atom stereocenters. The van der Waals surface area contributed by atoms with Crippen LogP contribution in [0.3, 0.4) is 0 Å². The highest BCUT2D eigenvalue weighted by Crippen LogP contribution is 2.23. The minimum atomic E-state index is 0.136. The van der Waals surface area contributed by atoms with E-state index < -0.39 is 0 Å². The lowest BCUT2D eigenvalue weighted by Crippen LogP contribution is -2.09. The summed E-state index contributed by atoms with van der Waals surface area (Å²) in [6.45, 7) is 0. The molecule has 1 aromatic rings. The summed E-state index contributed by atoms with van der Waals surface area (Å²) < 4.78 is 0. The van der Waals surface area contributed by atoms with E-state index in [1.54, 1.807) is 12.3 Å². The highest BCUT2D eigenvalue weighted by atomic mass is 16.3. The van der Waals surface area contributed by atoms with Crippen molar-refractivity contribution in [2.24, 2.45) is 10.2 Å². The molecule has 0 atom stereocenters. The normalized spacial score (nSPS) is 17.4. The Morgan fingerprint density at radius 1 is 1.24 bits per heavy atom. The van der Waals surface area contributed by atoms with E-state index in [0.29, 0.717) is 17.3 Å². The number of aromatic hydroxyl groups is 1. The zero-order valence-electron chi connectivity index (χ0n) is 9.67. The maximum absolute atomic E-state index is 10.4. The van der Waals surface area contributed by atoms with Crippen LogP contribution in [-0.2, 0) is 0 Å². The molecular weight excluding hydrogens is 216 g/mol. The fourth-order valence-electron chi connectivity index (χ4n) is 2.12. The monoisotopic (exact) mass is 232 g/mol. The van der Waals surface area contributed by atoms with Crippen LogP contribution in [0.15, 0.2) is 28.4 Å². The Morgan fingerprint density at radius 2 is 2.00 bits per heavy atom. The minimum Gasteiger partial charge on any atom is -0.507 e. The molecule has 90 valence electrons. The maximum atomic E-state index is 10.4. The average molecular weight is 232 g/mol. The summed E-state index contributed by atoms with van der Waals surface area (Å²) in [6, 6.07) is 4.87. The molecule has 0 saturated heterocycles. The van der Waals surface area contributed by atoms with Gasteiger partial charge in [-0.2, -0.15) is 0 Å². The molecule has 1 saturated carbocycles. The van der Waals surface area contributed by atoms with Gasteiger partial charge in [0.2, 0.25) is 0 Å². The predicted octanol–water partition coefficient (Wildman–Crippen LogP) is 3.54. The first-order chi connectivity index (χ1) is 8.29. The van der Waals surface area contributed by atoms with Crippen molar-refractivity contribution in [3.63, 3.8) is 0 Å². The van der Waals surface area contributed by atoms with Gasteiger partial charge in [0, 0.05) is 17.8 Å². The van der Waals surface area contributed by atoms with Gasteiger partial charge >= 0.3 is 0 Å². The van der Waals surface area contributed by atoms with Crippen molar-refractivity contribution in [3.05, 3.63) is 28.7 Å². The summed E-state index contributed by atoms with van der Waals surface area (Å²) in [5.74, 6) is 0.136. The van der Waals surface area contributed by atoms with Gasteiger partial charge in [0.1, 0.15) is 11.4 Å². The molecule has 0 heterocycles. The van der Waals surface area contributed by atoms with Crippen LogP contribution in [0.2, 0.25) is 0 Å². The summed E-state index contributed by atoms with van der Waals surface area (Å²) in [7, 11) is 0. The van der Waals surface area contributed by atoms with E-state index in [4.69, 9.17) is 0 Å². The fraction of sp³-hybridized carbons (Fsp3) is 0.462. The second kappa shape index (κ2) is 5.57. The zero-order valence-corrected chi connectivity index (χ0v) is 9.67. The second-order valence-corrected chi connectivity index (χ2v) is 4.40. The van der Waals surface area contributed by atoms with Gasteiger partial charge in [0.05, 0.1) is 0 Å². The van der Waals surface area contributed by atoms with Gasteiger partial charge in [-0.25, -0.2) is 0 Å². The molecule has 0 radical (unpaired) electrons. The Hall–Kier alpha value is -1.71. The number of hydrogen-bond donors (Lipinski definition) is 1. The van der Waals surface area contributed by atoms with Gasteiger partial charge in [0.25, 0.3) is 0 Å². The molecule has 1 fully saturated rings. The molecule has 4 nitrogen and oxygen atoms in total. The first-order valence-electron chi connectivity index (χ1n) is 5.99. The summed E-state index contributed by atoms with van der Waals surface area (Å²) in [5, 5.41) is 12.5. The standard InChI is InChI=1S/C13H16N2O2/c16-13-7-6-12(15-17)8-10(13)9-14-11-4-2-1-3-5-11/h6-9,11,16H,1-5H2. The van der Waals surface area contributed by atoms with Crippen LogP contribution < -0.4 is 0 Å². The first-order valence-corrected chi connectivity index (χ1v) is 5.99. The summed E-state index contributed by atoms with van der Waals surface area (Å²) in [4.78, 5) is 14.9. The minimum absolute atomic E-state index is 0.136. The number of aliphatic imine (C=N–C) groups is 1. The van der Waals surface area contributed by atoms with E-state index in [-0.39, 0.29) is 5.75 Å². The molecular formula is C13H16N2O2. The Bertz CT molecular complexity index is 423. The summed E-state index contributed by atoms with van der Waals surface area (Å²) >= 11 is 0. The van der Waals surface area contributed by atoms with Crippen molar-refractivity contribution in [1.29, 1.82) is 0 Å². The average Bonchev–Trinajstić information content (AvgIpc) is 2.39. The van der Waals surface area contributed by atoms with Gasteiger partial charge in [-0.15, -0.1) is 4.91 Å². The molecule has 1 aromatic carbocycles. The molecule has 4 heteroatoms. The highest BCUT2D eigenvalue weighted by Gasteiger charge is 2.11. The highest BCUT2D eigenvalue weighted by molar-refractivity contribution is 5.84. The number of phenols is 1. The van der Waals surface area contributed by atoms with Crippen LogP contribution in [0, 0.1) is 4.91 Å². The molecule has 1 N–H and O–H groups in total. The lowest BCUT2D eigenvalue weighted by molar-refractivity contribution is 0.444. The molecule has 0 bridgehead atoms. The molecule has 1 aliphatic rings. The largest absolute Gasteiger partial charge is 0.507 e. The molecule has 2 rings (SSSR count). The Kier molecular flexibility index (Phi) is 3.85. The third-order valence-electron chi connectivity index (χ3n) is 3.12. The maximum Gasteiger partial charge on any atom is 0.124 e. The van der Waals surface area contributed by atoms with Gasteiger partial charge < -0.3 is 5.11 Å². The number of hydrogen-bond acceptors (Lipinski definition) is 4. The first kappa shape index (κ1) is 11.8. The molecule has 0 aromatic heterocycles. The smallest absolute Gasteiger partial charge is 0.124 e. The zero-order chi connectivity index (χ0) is 12.1. The molecule has 0 spiro atoms. The second-order valence-electron chi connectivity index (χ2n) is 4.40. The van der Waals surface area contributed by atoms with Crippen molar-refractivity contribution in [2.75, 3.05) is 0 Å². The van der Waals surface area contributed by atoms with Crippen LogP contribution in [0.5, 0.6) is 5.75 Å². The van der Waals surface area contributed by atoms with Crippen molar-refractivity contribution < 1.29 is 5.11 Å². The van der Waals surface area contributed by atoms with Crippen LogP contribution >= 0.6 is 0 Å². The Morgan fingerprint density at radius 3 is 2.71 bits per heavy atom. The third kappa shape index (κ3) is 3.12. The molecule has 1 aliphatic carbocycles.